The molecule has 1 heterocycles. The lowest BCUT2D eigenvalue weighted by atomic mass is 9.76. The van der Waals surface area contributed by atoms with Gasteiger partial charge >= 0.3 is 13.2 Å². The first kappa shape index (κ1) is 26.7. The molecule has 0 bridgehead atoms. The molecule has 0 saturated carbocycles. The third kappa shape index (κ3) is 5.22. The Bertz CT molecular complexity index is 1390. The molecule has 7 nitrogen and oxygen atoms in total. The van der Waals surface area contributed by atoms with Crippen LogP contribution in [0.4, 0.5) is 4.79 Å². The molecule has 1 amide bonds. The summed E-state index contributed by atoms with van der Waals surface area (Å²) in [6.07, 6.45) is 1.34. The number of hydrogen-bond donors (Lipinski definition) is 3. The van der Waals surface area contributed by atoms with Crippen LogP contribution in [0.15, 0.2) is 78.3 Å². The van der Waals surface area contributed by atoms with Crippen molar-refractivity contribution in [1.29, 1.82) is 5.41 Å². The van der Waals surface area contributed by atoms with Crippen LogP contribution in [0.3, 0.4) is 0 Å². The van der Waals surface area contributed by atoms with E-state index in [4.69, 9.17) is 25.2 Å². The van der Waals surface area contributed by atoms with E-state index < -0.39 is 24.4 Å². The molecule has 3 aromatic rings. The number of nitrogens with two attached hydrogens (primary N) is 1. The Balaban J connectivity index is 1.33. The van der Waals surface area contributed by atoms with Crippen molar-refractivity contribution in [1.82, 2.24) is 5.32 Å². The number of nitrogens with one attached hydrogen (secondary N) is 2. The highest BCUT2D eigenvalue weighted by atomic mass is 16.7. The third-order valence-corrected chi connectivity index (χ3v) is 7.93. The van der Waals surface area contributed by atoms with Crippen molar-refractivity contribution in [2.45, 2.75) is 44.8 Å². The molecule has 200 valence electrons. The van der Waals surface area contributed by atoms with E-state index in [1.165, 1.54) is 11.1 Å². The molecule has 0 unspecified atom stereocenters. The summed E-state index contributed by atoms with van der Waals surface area (Å²) in [5, 5.41) is 10.8. The largest absolute Gasteiger partial charge is 0.492 e. The average molecular weight is 523 g/mol. The van der Waals surface area contributed by atoms with Crippen LogP contribution in [0.2, 0.25) is 0 Å². The van der Waals surface area contributed by atoms with Gasteiger partial charge in [-0.2, -0.15) is 0 Å². The molecule has 5 rings (SSSR count). The van der Waals surface area contributed by atoms with Crippen LogP contribution in [-0.4, -0.2) is 43.4 Å². The summed E-state index contributed by atoms with van der Waals surface area (Å²) in [7, 11) is -0.691. The van der Waals surface area contributed by atoms with Crippen molar-refractivity contribution in [3.8, 4) is 11.1 Å². The van der Waals surface area contributed by atoms with Gasteiger partial charge in [0.15, 0.2) is 0 Å². The van der Waals surface area contributed by atoms with E-state index in [1.54, 1.807) is 6.07 Å². The van der Waals surface area contributed by atoms with Gasteiger partial charge in [0.2, 0.25) is 0 Å². The lowest BCUT2D eigenvalue weighted by Gasteiger charge is -2.32. The topological polar surface area (TPSA) is 107 Å². The fraction of sp³-hybridized carbons (Fsp3) is 0.290. The number of hydrogen-bond acceptors (Lipinski definition) is 5. The third-order valence-electron chi connectivity index (χ3n) is 7.93. The quantitative estimate of drug-likeness (QED) is 0.215. The second kappa shape index (κ2) is 10.4. The van der Waals surface area contributed by atoms with Crippen molar-refractivity contribution in [2.75, 3.05) is 13.2 Å². The summed E-state index contributed by atoms with van der Waals surface area (Å²) in [6.45, 7) is 8.28. The van der Waals surface area contributed by atoms with Crippen LogP contribution in [-0.2, 0) is 14.0 Å². The van der Waals surface area contributed by atoms with Gasteiger partial charge in [-0.25, -0.2) is 4.79 Å². The van der Waals surface area contributed by atoms with Gasteiger partial charge in [0.1, 0.15) is 12.4 Å². The zero-order valence-corrected chi connectivity index (χ0v) is 22.8. The molecule has 1 saturated heterocycles. The normalized spacial score (nSPS) is 17.4. The lowest BCUT2D eigenvalue weighted by Crippen LogP contribution is -2.41. The second-order valence-electron chi connectivity index (χ2n) is 11.0. The van der Waals surface area contributed by atoms with Crippen LogP contribution in [0.5, 0.6) is 0 Å². The zero-order valence-electron chi connectivity index (χ0n) is 22.8. The first-order valence-corrected chi connectivity index (χ1v) is 13.2. The van der Waals surface area contributed by atoms with Gasteiger partial charge in [0.25, 0.3) is 0 Å². The molecule has 0 aromatic heterocycles. The molecule has 0 radical (unpaired) electrons. The molecule has 2 aliphatic rings. The number of fused-ring (bicyclic) bond motifs is 3. The zero-order chi connectivity index (χ0) is 27.8. The van der Waals surface area contributed by atoms with Crippen molar-refractivity contribution in [3.63, 3.8) is 0 Å². The Morgan fingerprint density at radius 3 is 2.08 bits per heavy atom. The van der Waals surface area contributed by atoms with Gasteiger partial charge in [-0.15, -0.1) is 0 Å². The predicted octanol–water partition coefficient (Wildman–Crippen LogP) is 5.52. The Morgan fingerprint density at radius 1 is 0.949 bits per heavy atom. The van der Waals surface area contributed by atoms with E-state index in [0.717, 1.165) is 16.7 Å². The average Bonchev–Trinajstić information content (AvgIpc) is 3.34. The first-order valence-electron chi connectivity index (χ1n) is 13.2. The highest BCUT2D eigenvalue weighted by Crippen LogP contribution is 2.44. The summed E-state index contributed by atoms with van der Waals surface area (Å²) in [4.78, 5) is 12.9. The number of carbonyl (C=O) groups is 1. The summed E-state index contributed by atoms with van der Waals surface area (Å²) in [5.41, 5.74) is 11.4. The van der Waals surface area contributed by atoms with Crippen LogP contribution in [0.1, 0.15) is 55.9 Å². The number of nitrogen functional groups attached to an aromatic ring is 1. The Morgan fingerprint density at radius 2 is 1.49 bits per heavy atom. The van der Waals surface area contributed by atoms with Crippen LogP contribution in [0, 0.1) is 5.41 Å². The minimum absolute atomic E-state index is 0.0243. The van der Waals surface area contributed by atoms with Crippen LogP contribution >= 0.6 is 0 Å². The van der Waals surface area contributed by atoms with Crippen LogP contribution in [0.25, 0.3) is 17.2 Å². The SMILES string of the molecule is CC1(C)OB(C(=Cc2ccccc2C(=N)N)CNC(=O)OCC2c3ccccc3-c3ccccc32)OC1(C)C. The van der Waals surface area contributed by atoms with E-state index in [2.05, 4.69) is 29.6 Å². The van der Waals surface area contributed by atoms with Gasteiger partial charge < -0.3 is 25.1 Å². The molecular formula is C31H34BN3O4. The Hall–Kier alpha value is -3.88. The molecule has 3 aromatic carbocycles. The summed E-state index contributed by atoms with van der Waals surface area (Å²) in [6, 6.07) is 23.8. The van der Waals surface area contributed by atoms with Gasteiger partial charge in [0.05, 0.1) is 11.2 Å². The van der Waals surface area contributed by atoms with Crippen LogP contribution < -0.4 is 11.1 Å². The van der Waals surface area contributed by atoms with Crippen molar-refractivity contribution >= 4 is 25.1 Å². The minimum atomic E-state index is -0.691. The van der Waals surface area contributed by atoms with E-state index in [0.29, 0.717) is 11.0 Å². The Labute approximate surface area is 230 Å². The standard InChI is InChI=1S/C31H34BN3O4/c1-30(2)31(3,4)39-32(38-30)21(17-20-11-5-6-12-22(20)28(33)34)18-35-29(36)37-19-27-25-15-9-7-13-23(25)24-14-8-10-16-26(24)27/h5-17,27H,18-19H2,1-4H3,(H3,33,34)(H,35,36). The summed E-state index contributed by atoms with van der Waals surface area (Å²) < 4.78 is 18.3. The van der Waals surface area contributed by atoms with Gasteiger partial charge in [-0.05, 0) is 61.0 Å². The van der Waals surface area contributed by atoms with Gasteiger partial charge in [-0.3, -0.25) is 5.41 Å². The molecule has 1 fully saturated rings. The minimum Gasteiger partial charge on any atom is -0.449 e. The van der Waals surface area contributed by atoms with Crippen molar-refractivity contribution < 1.29 is 18.8 Å². The van der Waals surface area contributed by atoms with E-state index >= 15 is 0 Å². The maximum atomic E-state index is 12.9. The van der Waals surface area contributed by atoms with E-state index in [-0.39, 0.29) is 24.9 Å². The molecule has 39 heavy (non-hydrogen) atoms. The molecule has 4 N–H and O–H groups in total. The highest BCUT2D eigenvalue weighted by Gasteiger charge is 2.52. The van der Waals surface area contributed by atoms with Gasteiger partial charge in [-0.1, -0.05) is 78.9 Å². The maximum Gasteiger partial charge on any atom is 0.492 e. The number of rotatable bonds is 7. The first-order chi connectivity index (χ1) is 18.6. The second-order valence-corrected chi connectivity index (χ2v) is 11.0. The Kier molecular flexibility index (Phi) is 7.10. The highest BCUT2D eigenvalue weighted by molar-refractivity contribution is 6.56. The lowest BCUT2D eigenvalue weighted by molar-refractivity contribution is 0.00578. The number of amidine groups is 1. The maximum absolute atomic E-state index is 12.9. The molecule has 1 aliphatic carbocycles. The molecular weight excluding hydrogens is 489 g/mol. The van der Waals surface area contributed by atoms with Gasteiger partial charge in [0, 0.05) is 18.0 Å². The fourth-order valence-electron chi connectivity index (χ4n) is 5.09. The van der Waals surface area contributed by atoms with E-state index in [1.807, 2.05) is 76.2 Å². The van der Waals surface area contributed by atoms with Crippen molar-refractivity contribution in [2.24, 2.45) is 5.73 Å². The summed E-state index contributed by atoms with van der Waals surface area (Å²) >= 11 is 0. The molecule has 8 heteroatoms. The van der Waals surface area contributed by atoms with Crippen molar-refractivity contribution in [3.05, 3.63) is 101 Å². The summed E-state index contributed by atoms with van der Waals surface area (Å²) in [5.74, 6) is -0.0664. The predicted molar refractivity (Wildman–Crippen MR) is 155 cm³/mol. The number of amides is 1. The number of carbonyl (C=O) groups excluding carboxylic acids is 1. The number of ether oxygens (including phenoxy) is 1. The molecule has 0 atom stereocenters. The fourth-order valence-corrected chi connectivity index (χ4v) is 5.09. The number of alkyl carbamates (subject to hydrolysis) is 1. The van der Waals surface area contributed by atoms with E-state index in [9.17, 15) is 4.79 Å². The molecule has 1 aliphatic heterocycles. The smallest absolute Gasteiger partial charge is 0.449 e. The molecule has 0 spiro atoms. The monoisotopic (exact) mass is 523 g/mol. The number of benzene rings is 3.